The zero-order valence-corrected chi connectivity index (χ0v) is 17.9. The van der Waals surface area contributed by atoms with E-state index in [0.717, 1.165) is 56.8 Å². The molecule has 2 aliphatic rings. The number of aryl methyl sites for hydroxylation is 1. The summed E-state index contributed by atoms with van der Waals surface area (Å²) in [5.41, 5.74) is 3.08. The van der Waals surface area contributed by atoms with Crippen LogP contribution in [-0.4, -0.2) is 62.5 Å². The molecule has 0 bridgehead atoms. The highest BCUT2D eigenvalue weighted by Gasteiger charge is 2.27. The fourth-order valence-corrected chi connectivity index (χ4v) is 4.73. The van der Waals surface area contributed by atoms with E-state index < -0.39 is 0 Å². The summed E-state index contributed by atoms with van der Waals surface area (Å²) < 4.78 is 1.57. The Bertz CT molecular complexity index is 939. The molecule has 7 heteroatoms. The molecular formula is C22H33N5O2. The molecule has 0 saturated carbocycles. The van der Waals surface area contributed by atoms with Gasteiger partial charge in [-0.25, -0.2) is 9.50 Å². The van der Waals surface area contributed by atoms with Crippen molar-refractivity contribution in [3.63, 3.8) is 0 Å². The Morgan fingerprint density at radius 1 is 1.24 bits per heavy atom. The van der Waals surface area contributed by atoms with Gasteiger partial charge in [-0.3, -0.25) is 14.7 Å². The fourth-order valence-electron chi connectivity index (χ4n) is 4.73. The topological polar surface area (TPSA) is 73.7 Å². The van der Waals surface area contributed by atoms with Crippen molar-refractivity contribution in [1.82, 2.24) is 24.4 Å². The standard InChI is InChI=1S/C22H33N5O2/c1-15(2)26-12-9-17(14-26)19-13-20-23-16(3)18(22(29)27(20)24-19)7-8-21(28)25-10-5-4-6-11-25/h13,15,17,24H,4-12,14H2,1-3H3/t17-/m1/s1. The molecule has 0 unspecified atom stereocenters. The summed E-state index contributed by atoms with van der Waals surface area (Å²) in [6, 6.07) is 2.56. The predicted molar refractivity (Wildman–Crippen MR) is 113 cm³/mol. The SMILES string of the molecule is Cc1nc2cc([C@@H]3CCN(C(C)C)C3)[nH]n2c(=O)c1CCC(=O)N1CCCCC1. The first kappa shape index (κ1) is 20.1. The third-order valence-corrected chi connectivity index (χ3v) is 6.62. The van der Waals surface area contributed by atoms with Crippen LogP contribution in [0.4, 0.5) is 0 Å². The van der Waals surface area contributed by atoms with Crippen LogP contribution in [0, 0.1) is 6.92 Å². The maximum absolute atomic E-state index is 13.1. The summed E-state index contributed by atoms with van der Waals surface area (Å²) in [5, 5.41) is 3.30. The molecule has 1 N–H and O–H groups in total. The van der Waals surface area contributed by atoms with Gasteiger partial charge in [-0.2, -0.15) is 0 Å². The Morgan fingerprint density at radius 2 is 2.00 bits per heavy atom. The van der Waals surface area contributed by atoms with Crippen molar-refractivity contribution in [3.05, 3.63) is 33.4 Å². The average molecular weight is 400 g/mol. The first-order chi connectivity index (χ1) is 13.9. The number of rotatable bonds is 5. The Morgan fingerprint density at radius 3 is 2.69 bits per heavy atom. The minimum atomic E-state index is -0.0658. The quantitative estimate of drug-likeness (QED) is 0.838. The van der Waals surface area contributed by atoms with Crippen molar-refractivity contribution in [3.8, 4) is 0 Å². The second-order valence-corrected chi connectivity index (χ2v) is 8.90. The highest BCUT2D eigenvalue weighted by Crippen LogP contribution is 2.27. The Labute approximate surface area is 172 Å². The van der Waals surface area contributed by atoms with Gasteiger partial charge in [0.05, 0.1) is 0 Å². The molecular weight excluding hydrogens is 366 g/mol. The zero-order valence-electron chi connectivity index (χ0n) is 17.9. The Hall–Kier alpha value is -2.15. The van der Waals surface area contributed by atoms with Crippen molar-refractivity contribution in [2.24, 2.45) is 0 Å². The maximum atomic E-state index is 13.1. The summed E-state index contributed by atoms with van der Waals surface area (Å²) in [4.78, 5) is 34.7. The number of amides is 1. The van der Waals surface area contributed by atoms with E-state index >= 15 is 0 Å². The van der Waals surface area contributed by atoms with E-state index in [9.17, 15) is 9.59 Å². The van der Waals surface area contributed by atoms with E-state index in [1.165, 1.54) is 6.42 Å². The van der Waals surface area contributed by atoms with Crippen LogP contribution in [0.1, 0.15) is 68.8 Å². The zero-order chi connectivity index (χ0) is 20.5. The number of H-pyrrole nitrogens is 1. The van der Waals surface area contributed by atoms with Crippen LogP contribution in [0.5, 0.6) is 0 Å². The minimum Gasteiger partial charge on any atom is -0.343 e. The molecule has 1 amide bonds. The second kappa shape index (κ2) is 8.30. The first-order valence-electron chi connectivity index (χ1n) is 11.1. The predicted octanol–water partition coefficient (Wildman–Crippen LogP) is 2.47. The Balaban J connectivity index is 1.52. The van der Waals surface area contributed by atoms with Gasteiger partial charge in [-0.15, -0.1) is 0 Å². The molecule has 0 aromatic carbocycles. The smallest absolute Gasteiger partial charge is 0.276 e. The van der Waals surface area contributed by atoms with Crippen molar-refractivity contribution >= 4 is 11.6 Å². The van der Waals surface area contributed by atoms with Crippen LogP contribution < -0.4 is 5.56 Å². The van der Waals surface area contributed by atoms with Crippen LogP contribution in [0.2, 0.25) is 0 Å². The number of aromatic nitrogens is 3. The number of hydrogen-bond acceptors (Lipinski definition) is 4. The largest absolute Gasteiger partial charge is 0.343 e. The Kier molecular flexibility index (Phi) is 5.76. The molecule has 2 fully saturated rings. The van der Waals surface area contributed by atoms with Gasteiger partial charge in [0.15, 0.2) is 5.65 Å². The molecule has 158 valence electrons. The number of aromatic amines is 1. The highest BCUT2D eigenvalue weighted by atomic mass is 16.2. The molecule has 0 aliphatic carbocycles. The number of carbonyl (C=O) groups is 1. The van der Waals surface area contributed by atoms with Gasteiger partial charge in [-0.1, -0.05) is 0 Å². The summed E-state index contributed by atoms with van der Waals surface area (Å²) in [7, 11) is 0. The molecule has 2 aliphatic heterocycles. The average Bonchev–Trinajstić information content (AvgIpc) is 3.35. The number of nitrogens with zero attached hydrogens (tertiary/aromatic N) is 4. The molecule has 2 saturated heterocycles. The molecule has 2 aromatic rings. The molecule has 1 atom stereocenters. The molecule has 0 spiro atoms. The number of nitrogens with one attached hydrogen (secondary N) is 1. The molecule has 4 heterocycles. The van der Waals surface area contributed by atoms with Gasteiger partial charge in [0.2, 0.25) is 5.91 Å². The number of carbonyl (C=O) groups excluding carboxylic acids is 1. The van der Waals surface area contributed by atoms with E-state index in [4.69, 9.17) is 0 Å². The number of piperidine rings is 1. The third-order valence-electron chi connectivity index (χ3n) is 6.62. The number of hydrogen-bond donors (Lipinski definition) is 1. The lowest BCUT2D eigenvalue weighted by molar-refractivity contribution is -0.132. The summed E-state index contributed by atoms with van der Waals surface area (Å²) in [6.45, 7) is 10.1. The maximum Gasteiger partial charge on any atom is 0.276 e. The van der Waals surface area contributed by atoms with Crippen molar-refractivity contribution in [2.75, 3.05) is 26.2 Å². The number of fused-ring (bicyclic) bond motifs is 1. The lowest BCUT2D eigenvalue weighted by atomic mass is 10.1. The molecule has 2 aromatic heterocycles. The monoisotopic (exact) mass is 399 g/mol. The molecule has 4 rings (SSSR count). The van der Waals surface area contributed by atoms with Crippen molar-refractivity contribution < 1.29 is 4.79 Å². The molecule has 0 radical (unpaired) electrons. The van der Waals surface area contributed by atoms with E-state index in [1.54, 1.807) is 4.52 Å². The van der Waals surface area contributed by atoms with Gasteiger partial charge in [0, 0.05) is 61.0 Å². The van der Waals surface area contributed by atoms with E-state index in [0.29, 0.717) is 36.0 Å². The lowest BCUT2D eigenvalue weighted by Gasteiger charge is -2.26. The van der Waals surface area contributed by atoms with Gasteiger partial charge in [-0.05, 0) is 59.4 Å². The highest BCUT2D eigenvalue weighted by molar-refractivity contribution is 5.76. The van der Waals surface area contributed by atoms with Gasteiger partial charge >= 0.3 is 0 Å². The van der Waals surface area contributed by atoms with Crippen LogP contribution in [0.3, 0.4) is 0 Å². The molecule has 7 nitrogen and oxygen atoms in total. The molecule has 29 heavy (non-hydrogen) atoms. The van der Waals surface area contributed by atoms with Gasteiger partial charge in [0.1, 0.15) is 0 Å². The minimum absolute atomic E-state index is 0.0658. The van der Waals surface area contributed by atoms with Crippen LogP contribution in [0.15, 0.2) is 10.9 Å². The normalized spacial score (nSPS) is 20.8. The fraction of sp³-hybridized carbons (Fsp3) is 0.682. The van der Waals surface area contributed by atoms with Crippen LogP contribution in [0.25, 0.3) is 5.65 Å². The number of likely N-dealkylation sites (tertiary alicyclic amines) is 2. The van der Waals surface area contributed by atoms with Crippen molar-refractivity contribution in [1.29, 1.82) is 0 Å². The van der Waals surface area contributed by atoms with Crippen LogP contribution in [-0.2, 0) is 11.2 Å². The van der Waals surface area contributed by atoms with E-state index in [1.807, 2.05) is 17.9 Å². The lowest BCUT2D eigenvalue weighted by Crippen LogP contribution is -2.36. The van der Waals surface area contributed by atoms with Crippen LogP contribution >= 0.6 is 0 Å². The summed E-state index contributed by atoms with van der Waals surface area (Å²) in [6.07, 6.45) is 5.30. The van der Waals surface area contributed by atoms with Gasteiger partial charge in [0.25, 0.3) is 5.56 Å². The van der Waals surface area contributed by atoms with E-state index in [-0.39, 0.29) is 11.5 Å². The summed E-state index contributed by atoms with van der Waals surface area (Å²) in [5.74, 6) is 0.559. The second-order valence-electron chi connectivity index (χ2n) is 8.90. The van der Waals surface area contributed by atoms with Gasteiger partial charge < -0.3 is 9.80 Å². The van der Waals surface area contributed by atoms with E-state index in [2.05, 4.69) is 28.8 Å². The first-order valence-corrected chi connectivity index (χ1v) is 11.1. The summed E-state index contributed by atoms with van der Waals surface area (Å²) >= 11 is 0. The third kappa shape index (κ3) is 4.10. The van der Waals surface area contributed by atoms with Crippen molar-refractivity contribution in [2.45, 2.75) is 71.3 Å².